The molecule has 7 nitrogen and oxygen atoms in total. The van der Waals surface area contributed by atoms with Crippen molar-refractivity contribution >= 4 is 17.8 Å². The largest absolute Gasteiger partial charge is 0.380 e. The number of likely N-dealkylation sites (N-methyl/N-ethyl adjacent to an activating group) is 1. The number of nitrogens with zero attached hydrogens (tertiary/aromatic N) is 5. The number of hydrogen-bond donors (Lipinski definition) is 1. The number of ether oxygens (including phenoxy) is 1. The van der Waals surface area contributed by atoms with E-state index in [-0.39, 0.29) is 0 Å². The number of rotatable bonds is 7. The van der Waals surface area contributed by atoms with E-state index in [2.05, 4.69) is 20.3 Å². The van der Waals surface area contributed by atoms with E-state index in [0.717, 1.165) is 13.2 Å². The fourth-order valence-electron chi connectivity index (χ4n) is 1.28. The molecule has 1 aromatic heterocycles. The van der Waals surface area contributed by atoms with Crippen LogP contribution >= 0.6 is 0 Å². The van der Waals surface area contributed by atoms with E-state index in [1.807, 2.05) is 37.9 Å². The summed E-state index contributed by atoms with van der Waals surface area (Å²) in [5.74, 6) is 1.83. The van der Waals surface area contributed by atoms with E-state index >= 15 is 0 Å². The van der Waals surface area contributed by atoms with Gasteiger partial charge in [-0.2, -0.15) is 15.0 Å². The Bertz CT molecular complexity index is 371. The maximum Gasteiger partial charge on any atom is 0.231 e. The first-order valence-corrected chi connectivity index (χ1v) is 5.98. The van der Waals surface area contributed by atoms with Crippen LogP contribution in [0.25, 0.3) is 0 Å². The van der Waals surface area contributed by atoms with Crippen LogP contribution in [0, 0.1) is 0 Å². The summed E-state index contributed by atoms with van der Waals surface area (Å²) in [5.41, 5.74) is 0. The second-order valence-corrected chi connectivity index (χ2v) is 4.02. The lowest BCUT2D eigenvalue weighted by Crippen LogP contribution is -2.26. The van der Waals surface area contributed by atoms with Gasteiger partial charge < -0.3 is 19.9 Å². The summed E-state index contributed by atoms with van der Waals surface area (Å²) < 4.78 is 5.32. The highest BCUT2D eigenvalue weighted by atomic mass is 16.5. The number of nitrogens with one attached hydrogen (secondary N) is 1. The Kier molecular flexibility index (Phi) is 5.57. The van der Waals surface area contributed by atoms with E-state index in [1.54, 1.807) is 7.05 Å². The minimum atomic E-state index is 0.562. The van der Waals surface area contributed by atoms with Gasteiger partial charge in [0.25, 0.3) is 0 Å². The summed E-state index contributed by atoms with van der Waals surface area (Å²) in [6, 6.07) is 0. The average molecular weight is 254 g/mol. The van der Waals surface area contributed by atoms with Crippen LogP contribution in [0.2, 0.25) is 0 Å². The van der Waals surface area contributed by atoms with Crippen molar-refractivity contribution in [3.8, 4) is 0 Å². The number of aromatic nitrogens is 3. The normalized spacial score (nSPS) is 10.3. The summed E-state index contributed by atoms with van der Waals surface area (Å²) in [7, 11) is 7.53. The molecule has 0 saturated carbocycles. The lowest BCUT2D eigenvalue weighted by Gasteiger charge is -2.19. The Balaban J connectivity index is 2.82. The number of hydrogen-bond acceptors (Lipinski definition) is 7. The minimum Gasteiger partial charge on any atom is -0.380 e. The molecule has 0 fully saturated rings. The van der Waals surface area contributed by atoms with Gasteiger partial charge in [0.15, 0.2) is 0 Å². The monoisotopic (exact) mass is 254 g/mol. The molecule has 0 aliphatic rings. The van der Waals surface area contributed by atoms with Crippen LogP contribution in [0.5, 0.6) is 0 Å². The Morgan fingerprint density at radius 3 is 2.33 bits per heavy atom. The Morgan fingerprint density at radius 2 is 1.78 bits per heavy atom. The molecule has 7 heteroatoms. The molecule has 0 amide bonds. The van der Waals surface area contributed by atoms with E-state index in [0.29, 0.717) is 24.5 Å². The van der Waals surface area contributed by atoms with E-state index in [9.17, 15) is 0 Å². The summed E-state index contributed by atoms with van der Waals surface area (Å²) in [6.45, 7) is 4.10. The molecular formula is C11H22N6O. The quantitative estimate of drug-likeness (QED) is 0.709. The van der Waals surface area contributed by atoms with Crippen molar-refractivity contribution in [1.82, 2.24) is 15.0 Å². The van der Waals surface area contributed by atoms with Crippen LogP contribution in [0.4, 0.5) is 17.8 Å². The third kappa shape index (κ3) is 3.99. The van der Waals surface area contributed by atoms with Crippen molar-refractivity contribution in [2.24, 2.45) is 0 Å². The lowest BCUT2D eigenvalue weighted by atomic mass is 10.6. The fourth-order valence-corrected chi connectivity index (χ4v) is 1.28. The zero-order valence-electron chi connectivity index (χ0n) is 11.8. The molecule has 0 radical (unpaired) electrons. The summed E-state index contributed by atoms with van der Waals surface area (Å²) in [5, 5.41) is 2.94. The molecule has 0 atom stereocenters. The van der Waals surface area contributed by atoms with Gasteiger partial charge in [-0.3, -0.25) is 0 Å². The Labute approximate surface area is 108 Å². The molecule has 1 N–H and O–H groups in total. The van der Waals surface area contributed by atoms with Gasteiger partial charge in [-0.15, -0.1) is 0 Å². The molecule has 18 heavy (non-hydrogen) atoms. The third-order valence-corrected chi connectivity index (χ3v) is 2.35. The van der Waals surface area contributed by atoms with Gasteiger partial charge in [-0.25, -0.2) is 0 Å². The zero-order chi connectivity index (χ0) is 13.5. The zero-order valence-corrected chi connectivity index (χ0v) is 11.8. The van der Waals surface area contributed by atoms with Gasteiger partial charge in [-0.05, 0) is 6.92 Å². The molecule has 0 aliphatic carbocycles. The Hall–Kier alpha value is -1.63. The molecule has 0 bridgehead atoms. The average Bonchev–Trinajstić information content (AvgIpc) is 2.38. The summed E-state index contributed by atoms with van der Waals surface area (Å²) in [6.07, 6.45) is 0. The van der Waals surface area contributed by atoms with E-state index < -0.39 is 0 Å². The van der Waals surface area contributed by atoms with Crippen LogP contribution in [0.3, 0.4) is 0 Å². The summed E-state index contributed by atoms with van der Waals surface area (Å²) in [4.78, 5) is 16.8. The molecule has 0 saturated heterocycles. The van der Waals surface area contributed by atoms with Crippen molar-refractivity contribution < 1.29 is 4.74 Å². The van der Waals surface area contributed by atoms with Crippen molar-refractivity contribution in [2.45, 2.75) is 6.92 Å². The van der Waals surface area contributed by atoms with Gasteiger partial charge >= 0.3 is 0 Å². The van der Waals surface area contributed by atoms with Gasteiger partial charge in [0.1, 0.15) is 0 Å². The Morgan fingerprint density at radius 1 is 1.11 bits per heavy atom. The second-order valence-electron chi connectivity index (χ2n) is 4.02. The first kappa shape index (κ1) is 14.4. The predicted octanol–water partition coefficient (Wildman–Crippen LogP) is 0.452. The molecule has 1 aromatic rings. The van der Waals surface area contributed by atoms with Crippen molar-refractivity contribution in [2.75, 3.05) is 63.1 Å². The standard InChI is InChI=1S/C11H22N6O/c1-6-18-8-7-17(5)11-14-9(12-2)13-10(15-11)16(3)4/h6-8H2,1-5H3,(H,12,13,14,15). The highest BCUT2D eigenvalue weighted by Crippen LogP contribution is 2.13. The lowest BCUT2D eigenvalue weighted by molar-refractivity contribution is 0.154. The van der Waals surface area contributed by atoms with Crippen LogP contribution in [-0.2, 0) is 4.74 Å². The van der Waals surface area contributed by atoms with Crippen LogP contribution in [0.15, 0.2) is 0 Å². The van der Waals surface area contributed by atoms with Crippen molar-refractivity contribution in [3.05, 3.63) is 0 Å². The second kappa shape index (κ2) is 6.95. The van der Waals surface area contributed by atoms with Gasteiger partial charge in [0.2, 0.25) is 17.8 Å². The van der Waals surface area contributed by atoms with Gasteiger partial charge in [0.05, 0.1) is 6.61 Å². The molecule has 102 valence electrons. The first-order valence-electron chi connectivity index (χ1n) is 5.98. The third-order valence-electron chi connectivity index (χ3n) is 2.35. The first-order chi connectivity index (χ1) is 8.58. The van der Waals surface area contributed by atoms with E-state index in [1.165, 1.54) is 0 Å². The highest BCUT2D eigenvalue weighted by Gasteiger charge is 2.10. The smallest absolute Gasteiger partial charge is 0.231 e. The highest BCUT2D eigenvalue weighted by molar-refractivity contribution is 5.43. The van der Waals surface area contributed by atoms with Crippen molar-refractivity contribution in [3.63, 3.8) is 0 Å². The predicted molar refractivity (Wildman–Crippen MR) is 73.5 cm³/mol. The van der Waals surface area contributed by atoms with Crippen LogP contribution in [0.1, 0.15) is 6.92 Å². The molecule has 1 rings (SSSR count). The number of anilines is 3. The maximum absolute atomic E-state index is 5.32. The van der Waals surface area contributed by atoms with Gasteiger partial charge in [-0.1, -0.05) is 0 Å². The topological polar surface area (TPSA) is 66.4 Å². The van der Waals surface area contributed by atoms with Crippen molar-refractivity contribution in [1.29, 1.82) is 0 Å². The molecule has 0 aliphatic heterocycles. The molecule has 1 heterocycles. The van der Waals surface area contributed by atoms with Crippen LogP contribution in [-0.4, -0.2) is 62.9 Å². The van der Waals surface area contributed by atoms with Gasteiger partial charge in [0, 0.05) is 41.3 Å². The fraction of sp³-hybridized carbons (Fsp3) is 0.727. The van der Waals surface area contributed by atoms with E-state index in [4.69, 9.17) is 4.74 Å². The van der Waals surface area contributed by atoms with Crippen LogP contribution < -0.4 is 15.1 Å². The molecule has 0 unspecified atom stereocenters. The summed E-state index contributed by atoms with van der Waals surface area (Å²) >= 11 is 0. The molecular weight excluding hydrogens is 232 g/mol. The minimum absolute atomic E-state index is 0.562. The molecule has 0 spiro atoms. The molecule has 0 aromatic carbocycles. The maximum atomic E-state index is 5.32. The SMILES string of the molecule is CCOCCN(C)c1nc(NC)nc(N(C)C)n1.